The second-order valence-corrected chi connectivity index (χ2v) is 5.58. The zero-order chi connectivity index (χ0) is 13.4. The van der Waals surface area contributed by atoms with Gasteiger partial charge in [0.15, 0.2) is 0 Å². The molecule has 0 saturated carbocycles. The van der Waals surface area contributed by atoms with Gasteiger partial charge < -0.3 is 10.3 Å². The van der Waals surface area contributed by atoms with E-state index in [1.807, 2.05) is 5.38 Å². The summed E-state index contributed by atoms with van der Waals surface area (Å²) in [4.78, 5) is 5.06. The van der Waals surface area contributed by atoms with E-state index in [4.69, 9.17) is 33.5 Å². The number of halogens is 2. The first-order valence-electron chi connectivity index (χ1n) is 5.27. The summed E-state index contributed by atoms with van der Waals surface area (Å²) < 4.78 is 5.21. The monoisotopic (exact) mass is 311 g/mol. The summed E-state index contributed by atoms with van der Waals surface area (Å²) >= 11 is 13.3. The van der Waals surface area contributed by atoms with Crippen molar-refractivity contribution in [3.05, 3.63) is 39.7 Å². The van der Waals surface area contributed by atoms with Crippen molar-refractivity contribution in [2.75, 3.05) is 5.73 Å². The highest BCUT2D eigenvalue weighted by atomic mass is 35.5. The molecular formula is C12H7Cl2N3OS. The fourth-order valence-corrected chi connectivity index (χ4v) is 2.87. The Bertz CT molecular complexity index is 718. The average molecular weight is 312 g/mol. The van der Waals surface area contributed by atoms with Gasteiger partial charge in [-0.05, 0) is 29.6 Å². The maximum Gasteiger partial charge on any atom is 0.270 e. The number of nitrogens with zero attached hydrogens (tertiary/aromatic N) is 2. The van der Waals surface area contributed by atoms with Crippen LogP contribution in [0.5, 0.6) is 0 Å². The number of anilines is 1. The molecule has 2 heterocycles. The molecule has 2 aromatic heterocycles. The van der Waals surface area contributed by atoms with Crippen molar-refractivity contribution in [3.8, 4) is 22.2 Å². The van der Waals surface area contributed by atoms with Crippen LogP contribution in [0.1, 0.15) is 0 Å². The third-order valence-electron chi connectivity index (χ3n) is 2.44. The average Bonchev–Trinajstić information content (AvgIpc) is 2.95. The lowest BCUT2D eigenvalue weighted by Gasteiger charge is -1.97. The normalized spacial score (nSPS) is 10.8. The van der Waals surface area contributed by atoms with Gasteiger partial charge in [0.2, 0.25) is 5.82 Å². The predicted molar refractivity (Wildman–Crippen MR) is 77.5 cm³/mol. The molecule has 0 fully saturated rings. The molecule has 0 unspecified atom stereocenters. The lowest BCUT2D eigenvalue weighted by molar-refractivity contribution is 0.433. The van der Waals surface area contributed by atoms with E-state index >= 15 is 0 Å². The molecule has 0 amide bonds. The summed E-state index contributed by atoms with van der Waals surface area (Å²) in [5.74, 6) is 0.811. The molecule has 96 valence electrons. The number of aromatic nitrogens is 2. The first kappa shape index (κ1) is 12.5. The molecule has 3 aromatic rings. The number of hydrogen-bond donors (Lipinski definition) is 1. The van der Waals surface area contributed by atoms with Crippen LogP contribution in [0.2, 0.25) is 10.0 Å². The summed E-state index contributed by atoms with van der Waals surface area (Å²) in [5.41, 5.74) is 7.12. The van der Waals surface area contributed by atoms with Crippen LogP contribution < -0.4 is 5.73 Å². The van der Waals surface area contributed by atoms with E-state index in [-0.39, 0.29) is 0 Å². The standard InChI is InChI=1S/C12H7Cl2N3OS/c13-7-3-6(4-8(14)5-7)11-16-12(18-17-11)10-9(15)1-2-19-10/h1-5H,15H2. The fourth-order valence-electron chi connectivity index (χ4n) is 1.61. The van der Waals surface area contributed by atoms with E-state index in [0.29, 0.717) is 33.0 Å². The lowest BCUT2D eigenvalue weighted by atomic mass is 10.2. The fraction of sp³-hybridized carbons (Fsp3) is 0. The number of rotatable bonds is 2. The Labute approximate surface area is 122 Å². The first-order valence-corrected chi connectivity index (χ1v) is 6.90. The van der Waals surface area contributed by atoms with Gasteiger partial charge in [0.1, 0.15) is 4.88 Å². The number of thiophene rings is 1. The Morgan fingerprint density at radius 3 is 2.53 bits per heavy atom. The molecule has 0 atom stereocenters. The molecule has 1 aromatic carbocycles. The Kier molecular flexibility index (Phi) is 3.18. The Hall–Kier alpha value is -1.56. The van der Waals surface area contributed by atoms with E-state index in [0.717, 1.165) is 4.88 Å². The quantitative estimate of drug-likeness (QED) is 0.764. The number of nitrogens with two attached hydrogens (primary N) is 1. The lowest BCUT2D eigenvalue weighted by Crippen LogP contribution is -1.84. The maximum atomic E-state index is 5.94. The minimum Gasteiger partial charge on any atom is -0.397 e. The predicted octanol–water partition coefficient (Wildman–Crippen LogP) is 4.35. The van der Waals surface area contributed by atoms with Gasteiger partial charge in [-0.15, -0.1) is 11.3 Å². The number of benzene rings is 1. The summed E-state index contributed by atoms with van der Waals surface area (Å²) in [6, 6.07) is 6.88. The molecule has 2 N–H and O–H groups in total. The van der Waals surface area contributed by atoms with Crippen molar-refractivity contribution in [3.63, 3.8) is 0 Å². The van der Waals surface area contributed by atoms with Gasteiger partial charge in [0.05, 0.1) is 5.69 Å². The van der Waals surface area contributed by atoms with Crippen molar-refractivity contribution in [1.82, 2.24) is 10.1 Å². The van der Waals surface area contributed by atoms with Crippen LogP contribution in [0.25, 0.3) is 22.2 Å². The number of nitrogen functional groups attached to an aromatic ring is 1. The second kappa shape index (κ2) is 4.85. The minimum atomic E-state index is 0.388. The van der Waals surface area contributed by atoms with E-state index in [1.165, 1.54) is 11.3 Å². The molecule has 0 aliphatic carbocycles. The summed E-state index contributed by atoms with van der Waals surface area (Å²) in [6.45, 7) is 0. The minimum absolute atomic E-state index is 0.388. The van der Waals surface area contributed by atoms with Crippen molar-refractivity contribution < 1.29 is 4.52 Å². The molecule has 7 heteroatoms. The maximum absolute atomic E-state index is 5.94. The molecule has 0 saturated heterocycles. The highest BCUT2D eigenvalue weighted by Gasteiger charge is 2.14. The Morgan fingerprint density at radius 1 is 1.16 bits per heavy atom. The van der Waals surface area contributed by atoms with Gasteiger partial charge in [0.25, 0.3) is 5.89 Å². The van der Waals surface area contributed by atoms with Gasteiger partial charge >= 0.3 is 0 Å². The molecular weight excluding hydrogens is 305 g/mol. The molecule has 0 spiro atoms. The van der Waals surface area contributed by atoms with Crippen molar-refractivity contribution in [2.45, 2.75) is 0 Å². The van der Waals surface area contributed by atoms with Gasteiger partial charge in [-0.3, -0.25) is 0 Å². The van der Waals surface area contributed by atoms with Crippen LogP contribution in [0.3, 0.4) is 0 Å². The molecule has 0 bridgehead atoms. The van der Waals surface area contributed by atoms with E-state index in [2.05, 4.69) is 10.1 Å². The largest absolute Gasteiger partial charge is 0.397 e. The van der Waals surface area contributed by atoms with Crippen LogP contribution in [0, 0.1) is 0 Å². The molecule has 0 aliphatic heterocycles. The van der Waals surface area contributed by atoms with Crippen LogP contribution in [0.15, 0.2) is 34.2 Å². The van der Waals surface area contributed by atoms with Gasteiger partial charge in [-0.1, -0.05) is 28.4 Å². The van der Waals surface area contributed by atoms with E-state index < -0.39 is 0 Å². The highest BCUT2D eigenvalue weighted by molar-refractivity contribution is 7.14. The van der Waals surface area contributed by atoms with Crippen molar-refractivity contribution in [2.24, 2.45) is 0 Å². The summed E-state index contributed by atoms with van der Waals surface area (Å²) in [6.07, 6.45) is 0. The Balaban J connectivity index is 2.04. The Morgan fingerprint density at radius 2 is 1.89 bits per heavy atom. The smallest absolute Gasteiger partial charge is 0.270 e. The molecule has 3 rings (SSSR count). The van der Waals surface area contributed by atoms with Crippen molar-refractivity contribution >= 4 is 40.2 Å². The van der Waals surface area contributed by atoms with Gasteiger partial charge in [0, 0.05) is 15.6 Å². The van der Waals surface area contributed by atoms with E-state index in [9.17, 15) is 0 Å². The zero-order valence-corrected chi connectivity index (χ0v) is 11.8. The summed E-state index contributed by atoms with van der Waals surface area (Å²) in [5, 5.41) is 6.82. The third kappa shape index (κ3) is 2.45. The van der Waals surface area contributed by atoms with Gasteiger partial charge in [-0.2, -0.15) is 4.98 Å². The highest BCUT2D eigenvalue weighted by Crippen LogP contribution is 2.32. The summed E-state index contributed by atoms with van der Waals surface area (Å²) in [7, 11) is 0. The van der Waals surface area contributed by atoms with Crippen LogP contribution in [-0.4, -0.2) is 10.1 Å². The first-order chi connectivity index (χ1) is 9.13. The number of hydrogen-bond acceptors (Lipinski definition) is 5. The molecule has 0 radical (unpaired) electrons. The van der Waals surface area contributed by atoms with Gasteiger partial charge in [-0.25, -0.2) is 0 Å². The molecule has 19 heavy (non-hydrogen) atoms. The van der Waals surface area contributed by atoms with Crippen LogP contribution in [0.4, 0.5) is 5.69 Å². The third-order valence-corrected chi connectivity index (χ3v) is 3.79. The van der Waals surface area contributed by atoms with E-state index in [1.54, 1.807) is 24.3 Å². The van der Waals surface area contributed by atoms with Crippen LogP contribution in [-0.2, 0) is 0 Å². The van der Waals surface area contributed by atoms with Crippen LogP contribution >= 0.6 is 34.5 Å². The second-order valence-electron chi connectivity index (χ2n) is 3.79. The molecule has 4 nitrogen and oxygen atoms in total. The SMILES string of the molecule is Nc1ccsc1-c1nc(-c2cc(Cl)cc(Cl)c2)no1. The molecule has 0 aliphatic rings. The van der Waals surface area contributed by atoms with Crippen molar-refractivity contribution in [1.29, 1.82) is 0 Å². The topological polar surface area (TPSA) is 64.9 Å². The zero-order valence-electron chi connectivity index (χ0n) is 9.43.